The Morgan fingerprint density at radius 1 is 0.795 bits per heavy atom. The number of nitrogens with one attached hydrogen (secondary N) is 1. The van der Waals surface area contributed by atoms with Crippen molar-refractivity contribution in [1.82, 2.24) is 0 Å². The summed E-state index contributed by atoms with van der Waals surface area (Å²) in [6, 6.07) is 25.5. The van der Waals surface area contributed by atoms with Crippen molar-refractivity contribution in [3.05, 3.63) is 102 Å². The molecular weight excluding hydrogens is 560 g/mol. The molecule has 1 atom stereocenters. The smallest absolute Gasteiger partial charge is 0.320 e. The molecule has 0 fully saturated rings. The summed E-state index contributed by atoms with van der Waals surface area (Å²) in [6.45, 7) is 3.39. The van der Waals surface area contributed by atoms with E-state index in [2.05, 4.69) is 17.4 Å². The van der Waals surface area contributed by atoms with E-state index in [1.54, 1.807) is 36.4 Å². The van der Waals surface area contributed by atoms with Gasteiger partial charge >= 0.3 is 11.9 Å². The minimum Gasteiger partial charge on any atom is -0.481 e. The third-order valence-corrected chi connectivity index (χ3v) is 5.85. The number of nitrogens with two attached hydrogens (primary N) is 3. The third kappa shape index (κ3) is 22.2. The Morgan fingerprint density at radius 3 is 1.82 bits per heavy atom. The summed E-state index contributed by atoms with van der Waals surface area (Å²) in [5.74, 6) is -1.70. The van der Waals surface area contributed by atoms with E-state index in [4.69, 9.17) is 27.4 Å². The van der Waals surface area contributed by atoms with Crippen molar-refractivity contribution in [1.29, 1.82) is 0 Å². The van der Waals surface area contributed by atoms with Crippen LogP contribution in [-0.2, 0) is 27.2 Å². The van der Waals surface area contributed by atoms with Crippen LogP contribution in [0.3, 0.4) is 0 Å². The lowest BCUT2D eigenvalue weighted by Gasteiger charge is -2.04. The number of benzene rings is 3. The maximum atomic E-state index is 11.3. The molecule has 240 valence electrons. The second kappa shape index (κ2) is 26.3. The lowest BCUT2D eigenvalue weighted by atomic mass is 10.1. The maximum Gasteiger partial charge on any atom is 0.320 e. The van der Waals surface area contributed by atoms with Gasteiger partial charge < -0.3 is 32.7 Å². The minimum absolute atomic E-state index is 0.0238. The Hall–Kier alpha value is -4.38. The molecule has 0 aromatic heterocycles. The molecule has 44 heavy (non-hydrogen) atoms. The summed E-state index contributed by atoms with van der Waals surface area (Å²) in [7, 11) is 0. The van der Waals surface area contributed by atoms with Gasteiger partial charge in [0.1, 0.15) is 12.3 Å². The minimum atomic E-state index is -0.933. The molecule has 0 aliphatic rings. The first-order valence-electron chi connectivity index (χ1n) is 14.7. The molecule has 0 bridgehead atoms. The van der Waals surface area contributed by atoms with Gasteiger partial charge in [0.05, 0.1) is 6.42 Å². The molecule has 10 nitrogen and oxygen atoms in total. The van der Waals surface area contributed by atoms with E-state index in [1.165, 1.54) is 5.56 Å². The highest BCUT2D eigenvalue weighted by molar-refractivity contribution is 5.91. The van der Waals surface area contributed by atoms with Gasteiger partial charge in [-0.15, -0.1) is 0 Å². The van der Waals surface area contributed by atoms with Crippen LogP contribution in [0.2, 0.25) is 0 Å². The van der Waals surface area contributed by atoms with Crippen LogP contribution < -0.4 is 22.5 Å². The van der Waals surface area contributed by atoms with Crippen molar-refractivity contribution in [2.24, 2.45) is 17.2 Å². The number of hydrogen-bond donors (Lipinski definition) is 6. The Morgan fingerprint density at radius 2 is 1.36 bits per heavy atom. The van der Waals surface area contributed by atoms with Gasteiger partial charge in [-0.2, -0.15) is 0 Å². The highest BCUT2D eigenvalue weighted by atomic mass is 16.4. The summed E-state index contributed by atoms with van der Waals surface area (Å²) in [6.07, 6.45) is 6.50. The van der Waals surface area contributed by atoms with Gasteiger partial charge in [0.15, 0.2) is 0 Å². The number of amides is 1. The van der Waals surface area contributed by atoms with Crippen molar-refractivity contribution in [2.75, 3.05) is 18.4 Å². The van der Waals surface area contributed by atoms with Crippen LogP contribution in [0.1, 0.15) is 66.9 Å². The van der Waals surface area contributed by atoms with Gasteiger partial charge in [0.25, 0.3) is 0 Å². The lowest BCUT2D eigenvalue weighted by molar-refractivity contribution is -0.139. The van der Waals surface area contributed by atoms with Crippen molar-refractivity contribution in [3.8, 4) is 0 Å². The number of carboxylic acid groups (broad SMARTS) is 2. The first-order chi connectivity index (χ1) is 21.2. The van der Waals surface area contributed by atoms with Crippen molar-refractivity contribution in [2.45, 2.75) is 64.3 Å². The topological polar surface area (TPSA) is 199 Å². The number of carbonyl (C=O) groups is 4. The van der Waals surface area contributed by atoms with Gasteiger partial charge in [-0.3, -0.25) is 19.2 Å². The second-order valence-corrected chi connectivity index (χ2v) is 9.70. The van der Waals surface area contributed by atoms with Crippen molar-refractivity contribution >= 4 is 29.8 Å². The monoisotopic (exact) mass is 608 g/mol. The lowest BCUT2D eigenvalue weighted by Crippen LogP contribution is -2.29. The van der Waals surface area contributed by atoms with Gasteiger partial charge in [0.2, 0.25) is 5.91 Å². The number of unbranched alkanes of at least 4 members (excludes halogenated alkanes) is 2. The van der Waals surface area contributed by atoms with Gasteiger partial charge in [-0.25, -0.2) is 0 Å². The molecule has 3 rings (SSSR count). The number of carbonyl (C=O) groups excluding carboxylic acids is 2. The number of hydrogen-bond acceptors (Lipinski definition) is 7. The zero-order chi connectivity index (χ0) is 33.0. The fraction of sp³-hybridized carbons (Fsp3) is 0.353. The van der Waals surface area contributed by atoms with Gasteiger partial charge in [-0.1, -0.05) is 80.4 Å². The zero-order valence-electron chi connectivity index (χ0n) is 25.6. The predicted octanol–water partition coefficient (Wildman–Crippen LogP) is 4.66. The summed E-state index contributed by atoms with van der Waals surface area (Å²) in [5.41, 5.74) is 19.3. The number of aliphatic carboxylic acids is 2. The van der Waals surface area contributed by atoms with Crippen LogP contribution >= 0.6 is 0 Å². The van der Waals surface area contributed by atoms with Crippen LogP contribution in [0.15, 0.2) is 84.9 Å². The van der Waals surface area contributed by atoms with E-state index in [9.17, 15) is 19.2 Å². The molecule has 9 N–H and O–H groups in total. The zero-order valence-corrected chi connectivity index (χ0v) is 25.6. The van der Waals surface area contributed by atoms with E-state index in [0.29, 0.717) is 24.9 Å². The average molecular weight is 609 g/mol. The van der Waals surface area contributed by atoms with E-state index in [-0.39, 0.29) is 12.3 Å². The number of rotatable bonds is 14. The molecular formula is C34H48N4O6. The van der Waals surface area contributed by atoms with Gasteiger partial charge in [-0.05, 0) is 74.2 Å². The number of aldehydes is 1. The Labute approximate surface area is 260 Å². The van der Waals surface area contributed by atoms with E-state index >= 15 is 0 Å². The van der Waals surface area contributed by atoms with E-state index in [0.717, 1.165) is 56.2 Å². The molecule has 10 heteroatoms. The van der Waals surface area contributed by atoms with Crippen LogP contribution in [-0.4, -0.2) is 53.5 Å². The van der Waals surface area contributed by atoms with Crippen molar-refractivity contribution in [3.63, 3.8) is 0 Å². The SMILES string of the molecule is CCCCC(=O)Nc1ccc(C=O)cc1.NCCCCC(N)C(=O)O.NCCc1ccccc1.O=C(O)Cc1ccccc1. The Balaban J connectivity index is 0.000000573. The first kappa shape index (κ1) is 39.6. The predicted molar refractivity (Wildman–Crippen MR) is 175 cm³/mol. The number of carboxylic acids is 2. The van der Waals surface area contributed by atoms with Crippen molar-refractivity contribution < 1.29 is 29.4 Å². The average Bonchev–Trinajstić information content (AvgIpc) is 3.02. The standard InChI is InChI=1S/C12H15NO2.C8H11N.C8H8O2.C6H14N2O2/c1-2-3-4-12(15)13-11-7-5-10(9-14)6-8-11;9-7-6-8-4-2-1-3-5-8;9-8(10)6-7-4-2-1-3-5-7;7-4-2-1-3-5(8)6(9)10/h5-9H,2-4H2,1H3,(H,13,15);1-5H,6-7,9H2;1-5H,6H2,(H,9,10);5H,1-4,7-8H2,(H,9,10). The molecule has 1 amide bonds. The fourth-order valence-corrected chi connectivity index (χ4v) is 3.42. The summed E-state index contributed by atoms with van der Waals surface area (Å²) < 4.78 is 0. The van der Waals surface area contributed by atoms with Gasteiger partial charge in [0, 0.05) is 17.7 Å². The normalized spacial score (nSPS) is 10.3. The van der Waals surface area contributed by atoms with Crippen LogP contribution in [0.5, 0.6) is 0 Å². The summed E-state index contributed by atoms with van der Waals surface area (Å²) >= 11 is 0. The highest BCUT2D eigenvalue weighted by Crippen LogP contribution is 2.09. The quantitative estimate of drug-likeness (QED) is 0.111. The molecule has 0 aliphatic heterocycles. The molecule has 0 heterocycles. The largest absolute Gasteiger partial charge is 0.481 e. The van der Waals surface area contributed by atoms with E-state index < -0.39 is 18.0 Å². The molecule has 0 aliphatic carbocycles. The summed E-state index contributed by atoms with van der Waals surface area (Å²) in [5, 5.41) is 19.5. The molecule has 0 saturated carbocycles. The Kier molecular flexibility index (Phi) is 23.6. The fourth-order valence-electron chi connectivity index (χ4n) is 3.42. The van der Waals surface area contributed by atoms with E-state index in [1.807, 2.05) is 43.3 Å². The van der Waals surface area contributed by atoms with Crippen LogP contribution in [0, 0.1) is 0 Å². The molecule has 0 saturated heterocycles. The summed E-state index contributed by atoms with van der Waals surface area (Å²) in [4.78, 5) is 42.0. The van der Waals surface area contributed by atoms with Crippen LogP contribution in [0.4, 0.5) is 5.69 Å². The first-order valence-corrected chi connectivity index (χ1v) is 14.7. The molecule has 3 aromatic rings. The second-order valence-electron chi connectivity index (χ2n) is 9.70. The highest BCUT2D eigenvalue weighted by Gasteiger charge is 2.09. The Bertz CT molecular complexity index is 1180. The number of anilines is 1. The molecule has 1 unspecified atom stereocenters. The van der Waals surface area contributed by atoms with Crippen LogP contribution in [0.25, 0.3) is 0 Å². The molecule has 0 radical (unpaired) electrons. The molecule has 3 aromatic carbocycles. The third-order valence-electron chi connectivity index (χ3n) is 5.85. The maximum absolute atomic E-state index is 11.3. The molecule has 0 spiro atoms.